The van der Waals surface area contributed by atoms with Gasteiger partial charge in [-0.15, -0.1) is 0 Å². The van der Waals surface area contributed by atoms with Gasteiger partial charge in [-0.25, -0.2) is 0 Å². The van der Waals surface area contributed by atoms with Gasteiger partial charge in [0.15, 0.2) is 0 Å². The first-order valence-electron chi connectivity index (χ1n) is 6.39. The summed E-state index contributed by atoms with van der Waals surface area (Å²) in [5, 5.41) is 18.3. The minimum Gasteiger partial charge on any atom is -0.481 e. The van der Waals surface area contributed by atoms with Gasteiger partial charge in [-0.2, -0.15) is 0 Å². The summed E-state index contributed by atoms with van der Waals surface area (Å²) in [6.45, 7) is 3.46. The molecule has 2 aliphatic carbocycles. The van der Waals surface area contributed by atoms with Gasteiger partial charge in [-0.1, -0.05) is 13.8 Å². The highest BCUT2D eigenvalue weighted by Gasteiger charge is 2.53. The molecule has 2 bridgehead atoms. The van der Waals surface area contributed by atoms with Crippen LogP contribution in [0.2, 0.25) is 0 Å². The first-order valence-corrected chi connectivity index (χ1v) is 6.39. The van der Waals surface area contributed by atoms with Crippen molar-refractivity contribution in [2.24, 2.45) is 35.5 Å². The summed E-state index contributed by atoms with van der Waals surface area (Å²) < 4.78 is 0. The second-order valence-electron chi connectivity index (χ2n) is 5.74. The second kappa shape index (κ2) is 4.31. The molecule has 2 N–H and O–H groups in total. The van der Waals surface area contributed by atoms with Crippen LogP contribution in [0.3, 0.4) is 0 Å². The van der Waals surface area contributed by atoms with E-state index in [2.05, 4.69) is 0 Å². The number of carboxylic acids is 2. The monoisotopic (exact) mass is 240 g/mol. The molecule has 0 aliphatic heterocycles. The van der Waals surface area contributed by atoms with Crippen molar-refractivity contribution in [1.29, 1.82) is 0 Å². The Morgan fingerprint density at radius 2 is 1.29 bits per heavy atom. The van der Waals surface area contributed by atoms with E-state index in [4.69, 9.17) is 10.2 Å². The van der Waals surface area contributed by atoms with Crippen molar-refractivity contribution in [3.63, 3.8) is 0 Å². The molecule has 2 saturated carbocycles. The summed E-state index contributed by atoms with van der Waals surface area (Å²) in [4.78, 5) is 22.3. The molecule has 17 heavy (non-hydrogen) atoms. The molecule has 0 spiro atoms. The minimum absolute atomic E-state index is 0.0531. The first kappa shape index (κ1) is 12.4. The first-order chi connectivity index (χ1) is 7.93. The second-order valence-corrected chi connectivity index (χ2v) is 5.74. The Hall–Kier alpha value is -1.06. The van der Waals surface area contributed by atoms with E-state index in [0.29, 0.717) is 11.8 Å². The fourth-order valence-corrected chi connectivity index (χ4v) is 4.19. The van der Waals surface area contributed by atoms with Gasteiger partial charge in [-0.3, -0.25) is 9.59 Å². The SMILES string of the molecule is C[C@@H](C(=O)O)[C@@H]1C2CCC(C2)[C@H]1[C@@H](C)C(=O)O. The van der Waals surface area contributed by atoms with Crippen molar-refractivity contribution in [2.45, 2.75) is 33.1 Å². The maximum atomic E-state index is 11.2. The van der Waals surface area contributed by atoms with Crippen LogP contribution in [0, 0.1) is 35.5 Å². The summed E-state index contributed by atoms with van der Waals surface area (Å²) in [7, 11) is 0. The van der Waals surface area contributed by atoms with Crippen LogP contribution >= 0.6 is 0 Å². The quantitative estimate of drug-likeness (QED) is 0.789. The fraction of sp³-hybridized carbons (Fsp3) is 0.846. The number of carboxylic acid groups (broad SMARTS) is 2. The van der Waals surface area contributed by atoms with E-state index in [0.717, 1.165) is 19.3 Å². The summed E-state index contributed by atoms with van der Waals surface area (Å²) in [6, 6.07) is 0. The van der Waals surface area contributed by atoms with Crippen LogP contribution in [-0.2, 0) is 9.59 Å². The predicted molar refractivity (Wildman–Crippen MR) is 61.4 cm³/mol. The topological polar surface area (TPSA) is 74.6 Å². The maximum absolute atomic E-state index is 11.2. The molecule has 0 heterocycles. The lowest BCUT2D eigenvalue weighted by Gasteiger charge is -2.35. The Bertz CT molecular complexity index is 306. The number of hydrogen-bond acceptors (Lipinski definition) is 2. The van der Waals surface area contributed by atoms with Crippen LogP contribution < -0.4 is 0 Å². The van der Waals surface area contributed by atoms with Crippen LogP contribution in [-0.4, -0.2) is 22.2 Å². The number of carbonyl (C=O) groups is 2. The molecule has 2 unspecified atom stereocenters. The van der Waals surface area contributed by atoms with Crippen molar-refractivity contribution < 1.29 is 19.8 Å². The summed E-state index contributed by atoms with van der Waals surface area (Å²) >= 11 is 0. The van der Waals surface area contributed by atoms with Gasteiger partial charge >= 0.3 is 11.9 Å². The van der Waals surface area contributed by atoms with E-state index < -0.39 is 23.8 Å². The average molecular weight is 240 g/mol. The van der Waals surface area contributed by atoms with E-state index in [1.165, 1.54) is 0 Å². The smallest absolute Gasteiger partial charge is 0.306 e. The molecular weight excluding hydrogens is 220 g/mol. The van der Waals surface area contributed by atoms with E-state index in [-0.39, 0.29) is 11.8 Å². The van der Waals surface area contributed by atoms with Crippen molar-refractivity contribution >= 4 is 11.9 Å². The largest absolute Gasteiger partial charge is 0.481 e. The normalized spacial score (nSPS) is 38.9. The lowest BCUT2D eigenvalue weighted by atomic mass is 9.68. The van der Waals surface area contributed by atoms with Crippen LogP contribution in [0.1, 0.15) is 33.1 Å². The minimum atomic E-state index is -0.787. The Kier molecular flexibility index (Phi) is 3.15. The standard InChI is InChI=1S/C13H20O4/c1-6(12(14)15)10-8-3-4-9(5-8)11(10)7(2)13(16)17/h6-11H,3-5H2,1-2H3,(H,14,15)(H,16,17)/t6-,7-,8?,9?,10-,11-/m1/s1. The summed E-state index contributed by atoms with van der Waals surface area (Å²) in [6.07, 6.45) is 3.19. The van der Waals surface area contributed by atoms with Crippen LogP contribution in [0.4, 0.5) is 0 Å². The third-order valence-electron chi connectivity index (χ3n) is 4.98. The highest BCUT2D eigenvalue weighted by Crippen LogP contribution is 2.57. The lowest BCUT2D eigenvalue weighted by Crippen LogP contribution is -2.37. The Morgan fingerprint density at radius 3 is 1.59 bits per heavy atom. The van der Waals surface area contributed by atoms with Gasteiger partial charge in [0.1, 0.15) is 0 Å². The molecular formula is C13H20O4. The lowest BCUT2D eigenvalue weighted by molar-refractivity contribution is -0.150. The van der Waals surface area contributed by atoms with Crippen molar-refractivity contribution in [3.05, 3.63) is 0 Å². The van der Waals surface area contributed by atoms with Gasteiger partial charge in [0, 0.05) is 0 Å². The van der Waals surface area contributed by atoms with E-state index in [1.807, 2.05) is 0 Å². The number of rotatable bonds is 4. The molecule has 96 valence electrons. The van der Waals surface area contributed by atoms with Gasteiger partial charge in [0.2, 0.25) is 0 Å². The number of hydrogen-bond donors (Lipinski definition) is 2. The molecule has 0 saturated heterocycles. The predicted octanol–water partition coefficient (Wildman–Crippen LogP) is 2.09. The summed E-state index contributed by atoms with van der Waals surface area (Å²) in [5.41, 5.74) is 0. The van der Waals surface area contributed by atoms with Crippen LogP contribution in [0.25, 0.3) is 0 Å². The molecule has 4 nitrogen and oxygen atoms in total. The molecule has 0 aromatic carbocycles. The zero-order valence-corrected chi connectivity index (χ0v) is 10.3. The molecule has 2 rings (SSSR count). The van der Waals surface area contributed by atoms with E-state index in [1.54, 1.807) is 13.8 Å². The Labute approximate surface area is 101 Å². The molecule has 6 atom stereocenters. The van der Waals surface area contributed by atoms with E-state index in [9.17, 15) is 9.59 Å². The molecule has 0 aromatic rings. The van der Waals surface area contributed by atoms with Gasteiger partial charge in [0.25, 0.3) is 0 Å². The fourth-order valence-electron chi connectivity index (χ4n) is 4.19. The van der Waals surface area contributed by atoms with Gasteiger partial charge in [-0.05, 0) is 42.9 Å². The third kappa shape index (κ3) is 1.94. The van der Waals surface area contributed by atoms with Crippen LogP contribution in [0.15, 0.2) is 0 Å². The summed E-state index contributed by atoms with van der Waals surface area (Å²) in [5.74, 6) is -1.45. The molecule has 0 amide bonds. The maximum Gasteiger partial charge on any atom is 0.306 e. The highest BCUT2D eigenvalue weighted by atomic mass is 16.4. The zero-order chi connectivity index (χ0) is 12.7. The van der Waals surface area contributed by atoms with Crippen molar-refractivity contribution in [2.75, 3.05) is 0 Å². The van der Waals surface area contributed by atoms with Gasteiger partial charge in [0.05, 0.1) is 11.8 Å². The number of fused-ring (bicyclic) bond motifs is 2. The van der Waals surface area contributed by atoms with Crippen molar-refractivity contribution in [1.82, 2.24) is 0 Å². The Balaban J connectivity index is 2.22. The van der Waals surface area contributed by atoms with Crippen LogP contribution in [0.5, 0.6) is 0 Å². The Morgan fingerprint density at radius 1 is 0.941 bits per heavy atom. The molecule has 2 fully saturated rings. The highest BCUT2D eigenvalue weighted by molar-refractivity contribution is 5.72. The third-order valence-corrected chi connectivity index (χ3v) is 4.98. The molecule has 0 radical (unpaired) electrons. The molecule has 2 aliphatic rings. The van der Waals surface area contributed by atoms with Gasteiger partial charge < -0.3 is 10.2 Å². The number of aliphatic carboxylic acids is 2. The van der Waals surface area contributed by atoms with E-state index >= 15 is 0 Å². The zero-order valence-electron chi connectivity index (χ0n) is 10.3. The molecule has 0 aromatic heterocycles. The molecule has 4 heteroatoms. The van der Waals surface area contributed by atoms with Crippen molar-refractivity contribution in [3.8, 4) is 0 Å². The average Bonchev–Trinajstić information content (AvgIpc) is 2.85.